The van der Waals surface area contributed by atoms with E-state index in [2.05, 4.69) is 4.98 Å². The molecule has 0 aliphatic carbocycles. The van der Waals surface area contributed by atoms with Crippen molar-refractivity contribution in [2.45, 2.75) is 52.0 Å². The van der Waals surface area contributed by atoms with Crippen LogP contribution in [0.1, 0.15) is 39.8 Å². The molecule has 7 heteroatoms. The van der Waals surface area contributed by atoms with E-state index in [0.717, 1.165) is 12.8 Å². The molecule has 7 nitrogen and oxygen atoms in total. The van der Waals surface area contributed by atoms with Crippen LogP contribution in [-0.4, -0.2) is 27.7 Å². The van der Waals surface area contributed by atoms with E-state index < -0.39 is 18.0 Å². The summed E-state index contributed by atoms with van der Waals surface area (Å²) in [5.41, 5.74) is 4.99. The number of esters is 1. The van der Waals surface area contributed by atoms with Crippen LogP contribution < -0.4 is 11.4 Å². The maximum absolute atomic E-state index is 12.0. The molecule has 1 aromatic heterocycles. The predicted molar refractivity (Wildman–Crippen MR) is 76.4 cm³/mol. The van der Waals surface area contributed by atoms with Gasteiger partial charge in [0.05, 0.1) is 6.10 Å². The van der Waals surface area contributed by atoms with Gasteiger partial charge in [-0.2, -0.15) is 4.98 Å². The lowest BCUT2D eigenvalue weighted by molar-refractivity contribution is -0.154. The molecule has 116 valence electrons. The lowest BCUT2D eigenvalue weighted by atomic mass is 9.93. The fourth-order valence-corrected chi connectivity index (χ4v) is 2.86. The molecule has 1 saturated heterocycles. The van der Waals surface area contributed by atoms with E-state index in [4.69, 9.17) is 15.2 Å². The minimum absolute atomic E-state index is 0.0494. The van der Waals surface area contributed by atoms with Crippen molar-refractivity contribution in [3.63, 3.8) is 0 Å². The van der Waals surface area contributed by atoms with E-state index in [9.17, 15) is 9.59 Å². The van der Waals surface area contributed by atoms with Crippen LogP contribution in [0.4, 0.5) is 5.82 Å². The number of hydrogen-bond donors (Lipinski definition) is 1. The number of hydrogen-bond acceptors (Lipinski definition) is 6. The van der Waals surface area contributed by atoms with E-state index in [1.807, 2.05) is 13.8 Å². The maximum Gasteiger partial charge on any atom is 0.351 e. The Morgan fingerprint density at radius 1 is 1.48 bits per heavy atom. The number of ether oxygens (including phenoxy) is 2. The Morgan fingerprint density at radius 3 is 2.71 bits per heavy atom. The first kappa shape index (κ1) is 15.5. The molecular formula is C14H21N3O4. The van der Waals surface area contributed by atoms with E-state index in [1.54, 1.807) is 0 Å². The van der Waals surface area contributed by atoms with Gasteiger partial charge in [-0.05, 0) is 18.9 Å². The van der Waals surface area contributed by atoms with Crippen molar-refractivity contribution in [1.29, 1.82) is 0 Å². The molecule has 1 fully saturated rings. The highest BCUT2D eigenvalue weighted by molar-refractivity contribution is 5.66. The quantitative estimate of drug-likeness (QED) is 0.835. The van der Waals surface area contributed by atoms with Gasteiger partial charge in [-0.25, -0.2) is 4.79 Å². The van der Waals surface area contributed by atoms with Gasteiger partial charge in [-0.3, -0.25) is 9.36 Å². The van der Waals surface area contributed by atoms with Gasteiger partial charge >= 0.3 is 11.7 Å². The topological polar surface area (TPSA) is 96.4 Å². The summed E-state index contributed by atoms with van der Waals surface area (Å²) in [5.74, 6) is -0.189. The molecule has 1 aliphatic heterocycles. The smallest absolute Gasteiger partial charge is 0.351 e. The van der Waals surface area contributed by atoms with Crippen LogP contribution in [0, 0.1) is 5.92 Å². The van der Waals surface area contributed by atoms with Gasteiger partial charge in [0.2, 0.25) is 0 Å². The first-order valence-corrected chi connectivity index (χ1v) is 7.15. The van der Waals surface area contributed by atoms with E-state index in [0.29, 0.717) is 0 Å². The molecule has 2 heterocycles. The Kier molecular flexibility index (Phi) is 4.62. The maximum atomic E-state index is 12.0. The Labute approximate surface area is 123 Å². The Hall–Kier alpha value is -1.89. The fourth-order valence-electron chi connectivity index (χ4n) is 2.86. The molecule has 0 amide bonds. The number of rotatable bonds is 4. The molecule has 4 atom stereocenters. The number of anilines is 1. The summed E-state index contributed by atoms with van der Waals surface area (Å²) in [6.45, 7) is 5.37. The molecule has 1 aliphatic rings. The Balaban J connectivity index is 2.39. The fraction of sp³-hybridized carbons (Fsp3) is 0.643. The zero-order valence-electron chi connectivity index (χ0n) is 12.5. The van der Waals surface area contributed by atoms with Gasteiger partial charge in [0.25, 0.3) is 0 Å². The molecule has 0 bridgehead atoms. The number of nitrogen functional groups attached to an aromatic ring is 1. The molecule has 1 aromatic rings. The summed E-state index contributed by atoms with van der Waals surface area (Å²) < 4.78 is 12.7. The van der Waals surface area contributed by atoms with Crippen LogP contribution in [0.25, 0.3) is 0 Å². The normalized spacial score (nSPS) is 28.5. The molecule has 0 spiro atoms. The van der Waals surface area contributed by atoms with Gasteiger partial charge in [0.15, 0.2) is 12.3 Å². The zero-order chi connectivity index (χ0) is 15.6. The lowest BCUT2D eigenvalue weighted by Crippen LogP contribution is -2.36. The third kappa shape index (κ3) is 3.07. The summed E-state index contributed by atoms with van der Waals surface area (Å²) >= 11 is 0. The third-order valence-corrected chi connectivity index (χ3v) is 3.80. The van der Waals surface area contributed by atoms with Crippen molar-refractivity contribution >= 4 is 11.8 Å². The average molecular weight is 295 g/mol. The minimum Gasteiger partial charge on any atom is -0.457 e. The second-order valence-electron chi connectivity index (χ2n) is 5.16. The molecule has 0 radical (unpaired) electrons. The standard InChI is InChI=1S/C14H21N3O4/c1-4-9-10(5-2)21-13(12(9)20-8(3)18)17-7-6-11(15)16-14(17)19/h6-7,9-10,12-13H,4-5H2,1-3H3,(H2,15,16,19)/t9-,10-,12-,13-/m1/s1. The van der Waals surface area contributed by atoms with Gasteiger partial charge in [-0.1, -0.05) is 13.8 Å². The highest BCUT2D eigenvalue weighted by atomic mass is 16.6. The molecule has 0 unspecified atom stereocenters. The summed E-state index contributed by atoms with van der Waals surface area (Å²) in [7, 11) is 0. The SMILES string of the molecule is CC[C@H]1[C@@H](OC(C)=O)[C@H](n2ccc(N)nc2=O)O[C@@H]1CC. The minimum atomic E-state index is -0.663. The van der Waals surface area contributed by atoms with Crippen LogP contribution in [0.3, 0.4) is 0 Å². The highest BCUT2D eigenvalue weighted by Gasteiger charge is 2.46. The zero-order valence-corrected chi connectivity index (χ0v) is 12.5. The van der Waals surface area contributed by atoms with Gasteiger partial charge in [0.1, 0.15) is 5.82 Å². The highest BCUT2D eigenvalue weighted by Crippen LogP contribution is 2.38. The van der Waals surface area contributed by atoms with E-state index in [-0.39, 0.29) is 23.8 Å². The third-order valence-electron chi connectivity index (χ3n) is 3.80. The van der Waals surface area contributed by atoms with Gasteiger partial charge in [0, 0.05) is 19.0 Å². The van der Waals surface area contributed by atoms with Gasteiger partial charge < -0.3 is 15.2 Å². The van der Waals surface area contributed by atoms with Crippen molar-refractivity contribution in [1.82, 2.24) is 9.55 Å². The number of nitrogens with zero attached hydrogens (tertiary/aromatic N) is 2. The van der Waals surface area contributed by atoms with Crippen LogP contribution in [-0.2, 0) is 14.3 Å². The van der Waals surface area contributed by atoms with Crippen LogP contribution >= 0.6 is 0 Å². The largest absolute Gasteiger partial charge is 0.457 e. The van der Waals surface area contributed by atoms with Crippen molar-refractivity contribution < 1.29 is 14.3 Å². The monoisotopic (exact) mass is 295 g/mol. The van der Waals surface area contributed by atoms with Gasteiger partial charge in [-0.15, -0.1) is 0 Å². The van der Waals surface area contributed by atoms with Crippen LogP contribution in [0.2, 0.25) is 0 Å². The van der Waals surface area contributed by atoms with E-state index >= 15 is 0 Å². The molecule has 0 saturated carbocycles. The van der Waals surface area contributed by atoms with Crippen molar-refractivity contribution in [3.05, 3.63) is 22.7 Å². The molecule has 2 rings (SSSR count). The first-order valence-electron chi connectivity index (χ1n) is 7.15. The summed E-state index contributed by atoms with van der Waals surface area (Å²) in [6.07, 6.45) is 1.88. The Bertz CT molecular complexity index is 572. The van der Waals surface area contributed by atoms with Crippen LogP contribution in [0.5, 0.6) is 0 Å². The second kappa shape index (κ2) is 6.26. The molecule has 0 aromatic carbocycles. The average Bonchev–Trinajstić information content (AvgIpc) is 2.75. The number of nitrogens with two attached hydrogens (primary N) is 1. The van der Waals surface area contributed by atoms with Crippen molar-refractivity contribution in [3.8, 4) is 0 Å². The molecule has 21 heavy (non-hydrogen) atoms. The molecular weight excluding hydrogens is 274 g/mol. The van der Waals surface area contributed by atoms with Crippen molar-refractivity contribution in [2.75, 3.05) is 5.73 Å². The Morgan fingerprint density at radius 2 is 2.19 bits per heavy atom. The number of aromatic nitrogens is 2. The number of carbonyl (C=O) groups excluding carboxylic acids is 1. The van der Waals surface area contributed by atoms with Crippen molar-refractivity contribution in [2.24, 2.45) is 5.92 Å². The summed E-state index contributed by atoms with van der Waals surface area (Å²) in [5, 5.41) is 0. The van der Waals surface area contributed by atoms with Crippen LogP contribution in [0.15, 0.2) is 17.1 Å². The summed E-state index contributed by atoms with van der Waals surface area (Å²) in [4.78, 5) is 27.1. The molecule has 2 N–H and O–H groups in total. The first-order chi connectivity index (χ1) is 9.97. The summed E-state index contributed by atoms with van der Waals surface area (Å²) in [6, 6.07) is 1.52. The number of carbonyl (C=O) groups is 1. The second-order valence-corrected chi connectivity index (χ2v) is 5.16. The van der Waals surface area contributed by atoms with E-state index in [1.165, 1.54) is 23.8 Å². The predicted octanol–water partition coefficient (Wildman–Crippen LogP) is 1.09. The lowest BCUT2D eigenvalue weighted by Gasteiger charge is -2.23.